The van der Waals surface area contributed by atoms with Gasteiger partial charge in [0.15, 0.2) is 15.7 Å². The van der Waals surface area contributed by atoms with Crippen LogP contribution in [0.4, 0.5) is 16.3 Å². The third kappa shape index (κ3) is 4.51. The molecule has 0 spiro atoms. The number of carbonyl (C=O) groups is 1. The van der Waals surface area contributed by atoms with E-state index in [0.29, 0.717) is 5.69 Å². The number of rotatable bonds is 6. The molecule has 8 heteroatoms. The second-order valence-electron chi connectivity index (χ2n) is 6.08. The summed E-state index contributed by atoms with van der Waals surface area (Å²) in [5.74, 6) is 0.591. The van der Waals surface area contributed by atoms with Crippen molar-refractivity contribution in [2.75, 3.05) is 35.6 Å². The predicted octanol–water partition coefficient (Wildman–Crippen LogP) is 2.28. The molecule has 2 aromatic rings. The lowest BCUT2D eigenvalue weighted by atomic mass is 10.3. The summed E-state index contributed by atoms with van der Waals surface area (Å²) in [4.78, 5) is 18.9. The number of anilines is 2. The molecule has 0 unspecified atom stereocenters. The SMILES string of the molecule is O=C(NCCS(=O)(=O)c1ccccc1)Nc1cccnc1N1CCCC1. The number of sulfone groups is 1. The first-order valence-electron chi connectivity index (χ1n) is 8.59. The highest BCUT2D eigenvalue weighted by atomic mass is 32.2. The van der Waals surface area contributed by atoms with E-state index in [1.54, 1.807) is 48.7 Å². The van der Waals surface area contributed by atoms with E-state index in [1.807, 2.05) is 0 Å². The van der Waals surface area contributed by atoms with Crippen LogP contribution in [0.25, 0.3) is 0 Å². The lowest BCUT2D eigenvalue weighted by Gasteiger charge is -2.20. The van der Waals surface area contributed by atoms with Crippen LogP contribution in [0.2, 0.25) is 0 Å². The molecule has 2 N–H and O–H groups in total. The van der Waals surface area contributed by atoms with Crippen LogP contribution in [-0.4, -0.2) is 44.8 Å². The molecule has 1 aromatic carbocycles. The smallest absolute Gasteiger partial charge is 0.319 e. The maximum Gasteiger partial charge on any atom is 0.319 e. The van der Waals surface area contributed by atoms with Crippen molar-refractivity contribution in [1.82, 2.24) is 10.3 Å². The first-order valence-corrected chi connectivity index (χ1v) is 10.2. The maximum absolute atomic E-state index is 12.2. The lowest BCUT2D eigenvalue weighted by molar-refractivity contribution is 0.252. The van der Waals surface area contributed by atoms with E-state index in [4.69, 9.17) is 0 Å². The average molecular weight is 374 g/mol. The van der Waals surface area contributed by atoms with Crippen molar-refractivity contribution in [3.63, 3.8) is 0 Å². The normalized spacial score (nSPS) is 14.2. The molecular weight excluding hydrogens is 352 g/mol. The maximum atomic E-state index is 12.2. The number of pyridine rings is 1. The molecule has 7 nitrogen and oxygen atoms in total. The number of benzene rings is 1. The predicted molar refractivity (Wildman–Crippen MR) is 101 cm³/mol. The van der Waals surface area contributed by atoms with Crippen molar-refractivity contribution in [1.29, 1.82) is 0 Å². The number of hydrogen-bond acceptors (Lipinski definition) is 5. The topological polar surface area (TPSA) is 91.4 Å². The molecule has 3 rings (SSSR count). The summed E-state index contributed by atoms with van der Waals surface area (Å²) in [5.41, 5.74) is 0.623. The summed E-state index contributed by atoms with van der Waals surface area (Å²) in [5, 5.41) is 5.36. The summed E-state index contributed by atoms with van der Waals surface area (Å²) in [6, 6.07) is 11.3. The molecule has 2 heterocycles. The summed E-state index contributed by atoms with van der Waals surface area (Å²) in [7, 11) is -3.41. The Hall–Kier alpha value is -2.61. The highest BCUT2D eigenvalue weighted by molar-refractivity contribution is 7.91. The molecule has 1 aliphatic rings. The summed E-state index contributed by atoms with van der Waals surface area (Å²) in [6.07, 6.45) is 3.92. The fourth-order valence-electron chi connectivity index (χ4n) is 2.89. The molecule has 0 bridgehead atoms. The van der Waals surface area contributed by atoms with Gasteiger partial charge in [-0.3, -0.25) is 0 Å². The number of nitrogens with one attached hydrogen (secondary N) is 2. The fourth-order valence-corrected chi connectivity index (χ4v) is 4.06. The highest BCUT2D eigenvalue weighted by Crippen LogP contribution is 2.25. The van der Waals surface area contributed by atoms with Gasteiger partial charge in [-0.1, -0.05) is 18.2 Å². The van der Waals surface area contributed by atoms with E-state index in [1.165, 1.54) is 0 Å². The molecular formula is C18H22N4O3S. The van der Waals surface area contributed by atoms with Gasteiger partial charge in [0.2, 0.25) is 0 Å². The minimum absolute atomic E-state index is 0.0301. The zero-order valence-corrected chi connectivity index (χ0v) is 15.2. The van der Waals surface area contributed by atoms with E-state index in [-0.39, 0.29) is 17.2 Å². The van der Waals surface area contributed by atoms with E-state index < -0.39 is 15.9 Å². The zero-order chi connectivity index (χ0) is 18.4. The molecule has 1 saturated heterocycles. The minimum Gasteiger partial charge on any atom is -0.355 e. The molecule has 1 aromatic heterocycles. The zero-order valence-electron chi connectivity index (χ0n) is 14.4. The second-order valence-corrected chi connectivity index (χ2v) is 8.19. The van der Waals surface area contributed by atoms with E-state index in [9.17, 15) is 13.2 Å². The van der Waals surface area contributed by atoms with Crippen molar-refractivity contribution >= 4 is 27.4 Å². The Morgan fingerprint density at radius 3 is 2.54 bits per heavy atom. The third-order valence-corrected chi connectivity index (χ3v) is 5.93. The summed E-state index contributed by atoms with van der Waals surface area (Å²) < 4.78 is 24.4. The number of nitrogens with zero attached hydrogens (tertiary/aromatic N) is 2. The van der Waals surface area contributed by atoms with Gasteiger partial charge in [-0.15, -0.1) is 0 Å². The molecule has 26 heavy (non-hydrogen) atoms. The van der Waals surface area contributed by atoms with Gasteiger partial charge in [-0.2, -0.15) is 0 Å². The first kappa shape index (κ1) is 18.2. The Labute approximate surface area is 153 Å². The lowest BCUT2D eigenvalue weighted by Crippen LogP contribution is -2.33. The number of amides is 2. The molecule has 138 valence electrons. The quantitative estimate of drug-likeness (QED) is 0.809. The largest absolute Gasteiger partial charge is 0.355 e. The van der Waals surface area contributed by atoms with Gasteiger partial charge in [0.25, 0.3) is 0 Å². The Balaban J connectivity index is 1.55. The number of urea groups is 1. The van der Waals surface area contributed by atoms with Gasteiger partial charge >= 0.3 is 6.03 Å². The van der Waals surface area contributed by atoms with Crippen LogP contribution in [0, 0.1) is 0 Å². The van der Waals surface area contributed by atoms with Crippen LogP contribution in [-0.2, 0) is 9.84 Å². The van der Waals surface area contributed by atoms with E-state index >= 15 is 0 Å². The van der Waals surface area contributed by atoms with Gasteiger partial charge < -0.3 is 15.5 Å². The number of carbonyl (C=O) groups excluding carboxylic acids is 1. The van der Waals surface area contributed by atoms with Gasteiger partial charge in [-0.05, 0) is 37.1 Å². The standard InChI is InChI=1S/C18H22N4O3S/c23-18(20-11-14-26(24,25)15-7-2-1-3-8-15)21-16-9-6-10-19-17(16)22-12-4-5-13-22/h1-3,6-10H,4-5,11-14H2,(H2,20,21,23). The van der Waals surface area contributed by atoms with Gasteiger partial charge in [0, 0.05) is 25.8 Å². The molecule has 0 radical (unpaired) electrons. The molecule has 1 aliphatic heterocycles. The number of aromatic nitrogens is 1. The molecule has 0 aliphatic carbocycles. The average Bonchev–Trinajstić information content (AvgIpc) is 3.17. The van der Waals surface area contributed by atoms with Crippen LogP contribution in [0.3, 0.4) is 0 Å². The molecule has 1 fully saturated rings. The van der Waals surface area contributed by atoms with Crippen molar-refractivity contribution in [3.05, 3.63) is 48.7 Å². The Bertz CT molecular complexity index is 850. The fraction of sp³-hybridized carbons (Fsp3) is 0.333. The summed E-state index contributed by atoms with van der Waals surface area (Å²) >= 11 is 0. The van der Waals surface area contributed by atoms with Crippen molar-refractivity contribution < 1.29 is 13.2 Å². The first-order chi connectivity index (χ1) is 12.6. The van der Waals surface area contributed by atoms with Crippen LogP contribution in [0.5, 0.6) is 0 Å². The van der Waals surface area contributed by atoms with Crippen LogP contribution in [0.15, 0.2) is 53.6 Å². The van der Waals surface area contributed by atoms with Gasteiger partial charge in [0.1, 0.15) is 0 Å². The van der Waals surface area contributed by atoms with E-state index in [2.05, 4.69) is 20.5 Å². The van der Waals surface area contributed by atoms with Crippen LogP contribution < -0.4 is 15.5 Å². The Kier molecular flexibility index (Phi) is 5.72. The molecule has 2 amide bonds. The van der Waals surface area contributed by atoms with Crippen molar-refractivity contribution in [2.24, 2.45) is 0 Å². The van der Waals surface area contributed by atoms with Gasteiger partial charge in [-0.25, -0.2) is 18.2 Å². The third-order valence-electron chi connectivity index (χ3n) is 4.20. The van der Waals surface area contributed by atoms with Crippen LogP contribution in [0.1, 0.15) is 12.8 Å². The van der Waals surface area contributed by atoms with Gasteiger partial charge in [0.05, 0.1) is 16.3 Å². The minimum atomic E-state index is -3.41. The van der Waals surface area contributed by atoms with Crippen molar-refractivity contribution in [3.8, 4) is 0 Å². The molecule has 0 atom stereocenters. The Morgan fingerprint density at radius 1 is 1.08 bits per heavy atom. The number of hydrogen-bond donors (Lipinski definition) is 2. The monoisotopic (exact) mass is 374 g/mol. The van der Waals surface area contributed by atoms with Crippen molar-refractivity contribution in [2.45, 2.75) is 17.7 Å². The molecule has 0 saturated carbocycles. The second kappa shape index (κ2) is 8.18. The van der Waals surface area contributed by atoms with Crippen LogP contribution >= 0.6 is 0 Å². The Morgan fingerprint density at radius 2 is 1.81 bits per heavy atom. The highest BCUT2D eigenvalue weighted by Gasteiger charge is 2.18. The van der Waals surface area contributed by atoms with E-state index in [0.717, 1.165) is 31.7 Å². The summed E-state index contributed by atoms with van der Waals surface area (Å²) in [6.45, 7) is 1.87.